The second kappa shape index (κ2) is 6.05. The van der Waals surface area contributed by atoms with Crippen LogP contribution in [0.15, 0.2) is 24.5 Å². The maximum atomic E-state index is 6.21. The molecule has 0 spiro atoms. The number of hydrogen-bond acceptors (Lipinski definition) is 3. The second-order valence-corrected chi connectivity index (χ2v) is 3.89. The summed E-state index contributed by atoms with van der Waals surface area (Å²) < 4.78 is 0. The van der Waals surface area contributed by atoms with Crippen molar-refractivity contribution in [3.05, 3.63) is 30.1 Å². The molecule has 84 valence electrons. The molecule has 1 aromatic heterocycles. The number of piperidine rings is 1. The van der Waals surface area contributed by atoms with Crippen molar-refractivity contribution in [3.63, 3.8) is 0 Å². The van der Waals surface area contributed by atoms with Gasteiger partial charge in [0.15, 0.2) is 0 Å². The lowest BCUT2D eigenvalue weighted by atomic mass is 9.87. The quantitative estimate of drug-likeness (QED) is 0.805. The van der Waals surface area contributed by atoms with Gasteiger partial charge in [-0.05, 0) is 49.5 Å². The summed E-state index contributed by atoms with van der Waals surface area (Å²) in [4.78, 5) is 4.01. The van der Waals surface area contributed by atoms with E-state index in [1.165, 1.54) is 18.4 Å². The summed E-state index contributed by atoms with van der Waals surface area (Å²) in [7, 11) is 0. The number of nitrogens with one attached hydrogen (secondary N) is 1. The van der Waals surface area contributed by atoms with Gasteiger partial charge in [0.2, 0.25) is 0 Å². The van der Waals surface area contributed by atoms with Gasteiger partial charge in [-0.2, -0.15) is 0 Å². The summed E-state index contributed by atoms with van der Waals surface area (Å²) >= 11 is 0. The van der Waals surface area contributed by atoms with E-state index in [4.69, 9.17) is 5.73 Å². The smallest absolute Gasteiger partial charge is 0.0325 e. The molecular weight excluding hydrogens is 210 g/mol. The summed E-state index contributed by atoms with van der Waals surface area (Å²) in [5.41, 5.74) is 7.43. The standard InChI is InChI=1S/C11H17N3.ClH/c12-11(9-1-5-13-6-2-9)10-3-7-14-8-4-10;/h1-2,5-6,10-11,14H,3-4,7-8,12H2;1H/t11-;/m0./s1. The molecule has 2 heterocycles. The zero-order valence-corrected chi connectivity index (χ0v) is 9.54. The van der Waals surface area contributed by atoms with Gasteiger partial charge < -0.3 is 11.1 Å². The molecule has 4 heteroatoms. The van der Waals surface area contributed by atoms with Gasteiger partial charge in [0.05, 0.1) is 0 Å². The number of nitrogens with two attached hydrogens (primary N) is 1. The van der Waals surface area contributed by atoms with E-state index in [-0.39, 0.29) is 18.4 Å². The lowest BCUT2D eigenvalue weighted by molar-refractivity contribution is 0.322. The first kappa shape index (κ1) is 12.4. The second-order valence-electron chi connectivity index (χ2n) is 3.89. The number of rotatable bonds is 2. The van der Waals surface area contributed by atoms with Crippen LogP contribution in [0.4, 0.5) is 0 Å². The Morgan fingerprint density at radius 1 is 1.27 bits per heavy atom. The zero-order chi connectivity index (χ0) is 9.80. The Labute approximate surface area is 96.9 Å². The molecule has 1 fully saturated rings. The highest BCUT2D eigenvalue weighted by molar-refractivity contribution is 5.85. The highest BCUT2D eigenvalue weighted by Gasteiger charge is 2.21. The van der Waals surface area contributed by atoms with E-state index >= 15 is 0 Å². The average molecular weight is 228 g/mol. The molecule has 0 unspecified atom stereocenters. The Bertz CT molecular complexity index is 272. The molecule has 3 nitrogen and oxygen atoms in total. The van der Waals surface area contributed by atoms with Crippen LogP contribution in [0.5, 0.6) is 0 Å². The van der Waals surface area contributed by atoms with Crippen molar-refractivity contribution < 1.29 is 0 Å². The van der Waals surface area contributed by atoms with Crippen LogP contribution in [0, 0.1) is 5.92 Å². The average Bonchev–Trinajstić information content (AvgIpc) is 2.30. The van der Waals surface area contributed by atoms with Crippen LogP contribution in [0.2, 0.25) is 0 Å². The molecule has 0 saturated carbocycles. The minimum Gasteiger partial charge on any atom is -0.324 e. The molecule has 0 aliphatic carbocycles. The third kappa shape index (κ3) is 3.16. The molecule has 1 aliphatic rings. The van der Waals surface area contributed by atoms with Gasteiger partial charge in [-0.1, -0.05) is 0 Å². The van der Waals surface area contributed by atoms with Gasteiger partial charge in [-0.25, -0.2) is 0 Å². The summed E-state index contributed by atoms with van der Waals surface area (Å²) in [6.07, 6.45) is 6.00. The van der Waals surface area contributed by atoms with Gasteiger partial charge in [0.25, 0.3) is 0 Å². The minimum absolute atomic E-state index is 0. The van der Waals surface area contributed by atoms with Gasteiger partial charge in [0, 0.05) is 18.4 Å². The van der Waals surface area contributed by atoms with E-state index in [1.54, 1.807) is 0 Å². The lowest BCUT2D eigenvalue weighted by Crippen LogP contribution is -2.33. The van der Waals surface area contributed by atoms with Crippen molar-refractivity contribution in [2.45, 2.75) is 18.9 Å². The van der Waals surface area contributed by atoms with Crippen LogP contribution in [-0.4, -0.2) is 18.1 Å². The Morgan fingerprint density at radius 3 is 2.47 bits per heavy atom. The van der Waals surface area contributed by atoms with Crippen LogP contribution in [-0.2, 0) is 0 Å². The fourth-order valence-electron chi connectivity index (χ4n) is 2.06. The van der Waals surface area contributed by atoms with Crippen molar-refractivity contribution >= 4 is 12.4 Å². The summed E-state index contributed by atoms with van der Waals surface area (Å²) in [5.74, 6) is 0.624. The molecule has 1 aliphatic heterocycles. The highest BCUT2D eigenvalue weighted by atomic mass is 35.5. The molecule has 15 heavy (non-hydrogen) atoms. The first-order chi connectivity index (χ1) is 6.88. The maximum absolute atomic E-state index is 6.21. The van der Waals surface area contributed by atoms with Crippen molar-refractivity contribution in [1.29, 1.82) is 0 Å². The first-order valence-electron chi connectivity index (χ1n) is 5.24. The topological polar surface area (TPSA) is 50.9 Å². The molecule has 1 saturated heterocycles. The largest absolute Gasteiger partial charge is 0.324 e. The van der Waals surface area contributed by atoms with E-state index in [0.29, 0.717) is 5.92 Å². The van der Waals surface area contributed by atoms with Gasteiger partial charge in [-0.15, -0.1) is 12.4 Å². The van der Waals surface area contributed by atoms with E-state index in [2.05, 4.69) is 10.3 Å². The Morgan fingerprint density at radius 2 is 1.87 bits per heavy atom. The summed E-state index contributed by atoms with van der Waals surface area (Å²) in [6.45, 7) is 2.20. The Balaban J connectivity index is 0.00000112. The van der Waals surface area contributed by atoms with Gasteiger partial charge >= 0.3 is 0 Å². The molecule has 1 atom stereocenters. The third-order valence-corrected chi connectivity index (χ3v) is 2.98. The Hall–Kier alpha value is -0.640. The predicted octanol–water partition coefficient (Wildman–Crippen LogP) is 1.50. The monoisotopic (exact) mass is 227 g/mol. The van der Waals surface area contributed by atoms with Crippen molar-refractivity contribution in [2.75, 3.05) is 13.1 Å². The molecule has 1 aromatic rings. The molecule has 2 rings (SSSR count). The zero-order valence-electron chi connectivity index (χ0n) is 8.73. The minimum atomic E-state index is 0. The first-order valence-corrected chi connectivity index (χ1v) is 5.24. The van der Waals surface area contributed by atoms with Crippen LogP contribution >= 0.6 is 12.4 Å². The van der Waals surface area contributed by atoms with E-state index < -0.39 is 0 Å². The number of halogens is 1. The van der Waals surface area contributed by atoms with E-state index in [0.717, 1.165) is 13.1 Å². The molecule has 0 radical (unpaired) electrons. The Kier molecular flexibility index (Phi) is 5.02. The van der Waals surface area contributed by atoms with Crippen LogP contribution < -0.4 is 11.1 Å². The van der Waals surface area contributed by atoms with Gasteiger partial charge in [-0.3, -0.25) is 4.98 Å². The lowest BCUT2D eigenvalue weighted by Gasteiger charge is -2.28. The highest BCUT2D eigenvalue weighted by Crippen LogP contribution is 2.25. The number of aromatic nitrogens is 1. The number of nitrogens with zero attached hydrogens (tertiary/aromatic N) is 1. The molecule has 0 aromatic carbocycles. The van der Waals surface area contributed by atoms with E-state index in [9.17, 15) is 0 Å². The van der Waals surface area contributed by atoms with Crippen LogP contribution in [0.25, 0.3) is 0 Å². The number of pyridine rings is 1. The molecule has 0 amide bonds. The summed E-state index contributed by atoms with van der Waals surface area (Å²) in [6, 6.07) is 4.22. The number of hydrogen-bond donors (Lipinski definition) is 2. The van der Waals surface area contributed by atoms with E-state index in [1.807, 2.05) is 24.5 Å². The van der Waals surface area contributed by atoms with Crippen molar-refractivity contribution in [1.82, 2.24) is 10.3 Å². The van der Waals surface area contributed by atoms with Crippen LogP contribution in [0.1, 0.15) is 24.4 Å². The fourth-order valence-corrected chi connectivity index (χ4v) is 2.06. The molecule has 0 bridgehead atoms. The normalized spacial score (nSPS) is 19.3. The SMILES string of the molecule is Cl.N[C@@H](c1ccncc1)C1CCNCC1. The van der Waals surface area contributed by atoms with Gasteiger partial charge in [0.1, 0.15) is 0 Å². The molecular formula is C11H18ClN3. The third-order valence-electron chi connectivity index (χ3n) is 2.98. The predicted molar refractivity (Wildman–Crippen MR) is 64.0 cm³/mol. The summed E-state index contributed by atoms with van der Waals surface area (Å²) in [5, 5.41) is 3.35. The maximum Gasteiger partial charge on any atom is 0.0325 e. The molecule has 3 N–H and O–H groups in total. The fraction of sp³-hybridized carbons (Fsp3) is 0.545. The van der Waals surface area contributed by atoms with Crippen molar-refractivity contribution in [3.8, 4) is 0 Å². The van der Waals surface area contributed by atoms with Crippen LogP contribution in [0.3, 0.4) is 0 Å². The van der Waals surface area contributed by atoms with Crippen molar-refractivity contribution in [2.24, 2.45) is 11.7 Å².